The third kappa shape index (κ3) is 3.13. The van der Waals surface area contributed by atoms with Gasteiger partial charge >= 0.3 is 0 Å². The highest BCUT2D eigenvalue weighted by Gasteiger charge is 2.24. The number of hydrogen-bond donors (Lipinski definition) is 1. The van der Waals surface area contributed by atoms with Crippen molar-refractivity contribution in [2.24, 2.45) is 7.05 Å². The highest BCUT2D eigenvalue weighted by Crippen LogP contribution is 2.32. The van der Waals surface area contributed by atoms with Gasteiger partial charge in [0.15, 0.2) is 5.82 Å². The van der Waals surface area contributed by atoms with E-state index in [1.165, 1.54) is 12.1 Å². The van der Waals surface area contributed by atoms with Gasteiger partial charge in [0, 0.05) is 42.3 Å². The first-order chi connectivity index (χ1) is 14.5. The molecular formula is C22H23FN6O. The smallest absolute Gasteiger partial charge is 0.162 e. The largest absolute Gasteiger partial charge is 0.377 e. The summed E-state index contributed by atoms with van der Waals surface area (Å²) in [5.41, 5.74) is 4.09. The van der Waals surface area contributed by atoms with Crippen LogP contribution < -0.4 is 4.90 Å². The molecule has 1 aliphatic heterocycles. The van der Waals surface area contributed by atoms with Gasteiger partial charge < -0.3 is 14.6 Å². The molecular weight excluding hydrogens is 383 g/mol. The van der Waals surface area contributed by atoms with Crippen molar-refractivity contribution in [3.63, 3.8) is 0 Å². The molecule has 0 saturated carbocycles. The fraction of sp³-hybridized carbons (Fsp3) is 0.318. The number of hydrogen-bond acceptors (Lipinski definition) is 5. The molecule has 8 heteroatoms. The van der Waals surface area contributed by atoms with Crippen LogP contribution in [0.2, 0.25) is 0 Å². The maximum atomic E-state index is 14.4. The van der Waals surface area contributed by atoms with Crippen molar-refractivity contribution < 1.29 is 9.13 Å². The van der Waals surface area contributed by atoms with Gasteiger partial charge in [0.1, 0.15) is 11.6 Å². The van der Waals surface area contributed by atoms with Gasteiger partial charge in [-0.1, -0.05) is 0 Å². The van der Waals surface area contributed by atoms with E-state index in [-0.39, 0.29) is 11.9 Å². The third-order valence-electron chi connectivity index (χ3n) is 5.61. The summed E-state index contributed by atoms with van der Waals surface area (Å²) in [4.78, 5) is 15.0. The Bertz CT molecular complexity index is 1210. The fourth-order valence-electron chi connectivity index (χ4n) is 4.12. The Hall–Kier alpha value is -3.26. The zero-order chi connectivity index (χ0) is 20.8. The number of aryl methyl sites for hydroxylation is 2. The molecule has 1 N–H and O–H groups in total. The molecule has 7 nitrogen and oxygen atoms in total. The van der Waals surface area contributed by atoms with E-state index in [1.807, 2.05) is 37.0 Å². The van der Waals surface area contributed by atoms with Crippen molar-refractivity contribution in [1.82, 2.24) is 24.7 Å². The molecule has 1 aliphatic rings. The lowest BCUT2D eigenvalue weighted by Crippen LogP contribution is -2.44. The van der Waals surface area contributed by atoms with Crippen LogP contribution in [0.1, 0.15) is 12.5 Å². The van der Waals surface area contributed by atoms with Crippen LogP contribution in [-0.2, 0) is 11.8 Å². The Kier molecular flexibility index (Phi) is 4.51. The first-order valence-electron chi connectivity index (χ1n) is 10.0. The summed E-state index contributed by atoms with van der Waals surface area (Å²) < 4.78 is 21.8. The molecule has 3 aromatic heterocycles. The van der Waals surface area contributed by atoms with Crippen LogP contribution >= 0.6 is 0 Å². The maximum absolute atomic E-state index is 14.4. The second-order valence-corrected chi connectivity index (χ2v) is 7.74. The average Bonchev–Trinajstić information content (AvgIpc) is 3.33. The average molecular weight is 406 g/mol. The number of nitrogens with one attached hydrogen (secondary N) is 1. The molecule has 0 unspecified atom stereocenters. The molecule has 0 radical (unpaired) electrons. The van der Waals surface area contributed by atoms with Crippen molar-refractivity contribution >= 4 is 16.7 Å². The quantitative estimate of drug-likeness (QED) is 0.562. The monoisotopic (exact) mass is 406 g/mol. The van der Waals surface area contributed by atoms with Crippen LogP contribution in [-0.4, -0.2) is 50.5 Å². The van der Waals surface area contributed by atoms with Gasteiger partial charge in [-0.3, -0.25) is 4.68 Å². The van der Waals surface area contributed by atoms with E-state index >= 15 is 0 Å². The van der Waals surface area contributed by atoms with Gasteiger partial charge in [0.2, 0.25) is 0 Å². The molecule has 0 aliphatic carbocycles. The van der Waals surface area contributed by atoms with Crippen LogP contribution in [0.3, 0.4) is 0 Å². The van der Waals surface area contributed by atoms with E-state index in [0.717, 1.165) is 40.2 Å². The number of fused-ring (bicyclic) bond motifs is 1. The highest BCUT2D eigenvalue weighted by molar-refractivity contribution is 5.94. The van der Waals surface area contributed by atoms with Gasteiger partial charge in [0.05, 0.1) is 36.8 Å². The van der Waals surface area contributed by atoms with E-state index in [4.69, 9.17) is 14.7 Å². The molecule has 1 atom stereocenters. The van der Waals surface area contributed by atoms with Crippen LogP contribution in [0.25, 0.3) is 33.7 Å². The molecule has 5 rings (SSSR count). The van der Waals surface area contributed by atoms with Crippen molar-refractivity contribution in [3.8, 4) is 22.8 Å². The Labute approximate surface area is 173 Å². The number of H-pyrrole nitrogens is 1. The number of rotatable bonds is 3. The topological polar surface area (TPSA) is 71.9 Å². The molecule has 4 heterocycles. The number of ether oxygens (including phenoxy) is 1. The summed E-state index contributed by atoms with van der Waals surface area (Å²) >= 11 is 0. The van der Waals surface area contributed by atoms with Crippen molar-refractivity contribution in [2.45, 2.75) is 19.9 Å². The van der Waals surface area contributed by atoms with Gasteiger partial charge in [-0.2, -0.15) is 5.10 Å². The molecule has 4 aromatic rings. The molecule has 1 aromatic carbocycles. The number of morpholine rings is 1. The lowest BCUT2D eigenvalue weighted by Gasteiger charge is -2.34. The Morgan fingerprint density at radius 1 is 1.23 bits per heavy atom. The standard InChI is InChI=1S/C22H23FN6O/c1-13-11-25-28(3)21(13)19-10-20(29-6-7-30-12-14(29)2)27-22(26-19)17-8-15(23)9-18-16(17)4-5-24-18/h4-5,8-11,14,24H,6-7,12H2,1-3H3/t14-/m1/s1. The van der Waals surface area contributed by atoms with E-state index in [9.17, 15) is 4.39 Å². The van der Waals surface area contributed by atoms with E-state index in [0.29, 0.717) is 24.6 Å². The first kappa shape index (κ1) is 18.7. The Balaban J connectivity index is 1.75. The van der Waals surface area contributed by atoms with Gasteiger partial charge in [-0.15, -0.1) is 0 Å². The molecule has 0 spiro atoms. The molecule has 154 valence electrons. The maximum Gasteiger partial charge on any atom is 0.162 e. The second-order valence-electron chi connectivity index (χ2n) is 7.74. The van der Waals surface area contributed by atoms with E-state index in [2.05, 4.69) is 21.9 Å². The Morgan fingerprint density at radius 3 is 2.87 bits per heavy atom. The zero-order valence-corrected chi connectivity index (χ0v) is 17.2. The molecule has 30 heavy (non-hydrogen) atoms. The fourth-order valence-corrected chi connectivity index (χ4v) is 4.12. The van der Waals surface area contributed by atoms with E-state index < -0.39 is 0 Å². The molecule has 1 saturated heterocycles. The van der Waals surface area contributed by atoms with E-state index in [1.54, 1.807) is 6.20 Å². The summed E-state index contributed by atoms with van der Waals surface area (Å²) in [5, 5.41) is 5.25. The molecule has 1 fully saturated rings. The predicted molar refractivity (Wildman–Crippen MR) is 114 cm³/mol. The number of anilines is 1. The summed E-state index contributed by atoms with van der Waals surface area (Å²) in [5.74, 6) is 0.970. The number of benzene rings is 1. The number of halogens is 1. The minimum absolute atomic E-state index is 0.182. The van der Waals surface area contributed by atoms with Gasteiger partial charge in [0.25, 0.3) is 0 Å². The predicted octanol–water partition coefficient (Wildman–Crippen LogP) is 3.70. The van der Waals surface area contributed by atoms with Crippen LogP contribution in [0.5, 0.6) is 0 Å². The number of aromatic amines is 1. The highest BCUT2D eigenvalue weighted by atomic mass is 19.1. The SMILES string of the molecule is Cc1cnn(C)c1-c1cc(N2CCOC[C@H]2C)nc(-c2cc(F)cc3[nH]ccc23)n1. The third-order valence-corrected chi connectivity index (χ3v) is 5.61. The normalized spacial score (nSPS) is 17.1. The zero-order valence-electron chi connectivity index (χ0n) is 17.2. The lowest BCUT2D eigenvalue weighted by atomic mass is 10.1. The first-order valence-corrected chi connectivity index (χ1v) is 10.0. The van der Waals surface area contributed by atoms with Crippen molar-refractivity contribution in [2.75, 3.05) is 24.7 Å². The number of nitrogens with zero attached hydrogens (tertiary/aromatic N) is 5. The minimum atomic E-state index is -0.327. The van der Waals surface area contributed by atoms with Gasteiger partial charge in [-0.25, -0.2) is 14.4 Å². The van der Waals surface area contributed by atoms with Gasteiger partial charge in [-0.05, 0) is 37.6 Å². The van der Waals surface area contributed by atoms with Crippen LogP contribution in [0.4, 0.5) is 10.2 Å². The van der Waals surface area contributed by atoms with Crippen molar-refractivity contribution in [3.05, 3.63) is 48.0 Å². The minimum Gasteiger partial charge on any atom is -0.377 e. The second kappa shape index (κ2) is 7.21. The summed E-state index contributed by atoms with van der Waals surface area (Å²) in [6.45, 7) is 6.15. The van der Waals surface area contributed by atoms with Crippen LogP contribution in [0, 0.1) is 12.7 Å². The number of aromatic nitrogens is 5. The molecule has 0 bridgehead atoms. The van der Waals surface area contributed by atoms with Crippen molar-refractivity contribution in [1.29, 1.82) is 0 Å². The summed E-state index contributed by atoms with van der Waals surface area (Å²) in [6, 6.07) is 7.08. The summed E-state index contributed by atoms with van der Waals surface area (Å²) in [7, 11) is 1.90. The van der Waals surface area contributed by atoms with Crippen LogP contribution in [0.15, 0.2) is 36.7 Å². The Morgan fingerprint density at radius 2 is 2.10 bits per heavy atom. The summed E-state index contributed by atoms with van der Waals surface area (Å²) in [6.07, 6.45) is 3.62. The lowest BCUT2D eigenvalue weighted by molar-refractivity contribution is 0.0985. The molecule has 0 amide bonds.